The Morgan fingerprint density at radius 2 is 2.00 bits per heavy atom. The standard InChI is InChI=1S/C13H7BrFNOS/c14-10-6-5-8(15)7-12(10)17-13-9-3-1-2-4-11(9)16-18-13/h1-7H. The SMILES string of the molecule is Fc1ccc(Br)c(Oc2snc3ccccc23)c1. The summed E-state index contributed by atoms with van der Waals surface area (Å²) in [5, 5.41) is 1.59. The van der Waals surface area contributed by atoms with Gasteiger partial charge in [-0.1, -0.05) is 12.1 Å². The largest absolute Gasteiger partial charge is 0.443 e. The molecule has 90 valence electrons. The van der Waals surface area contributed by atoms with E-state index < -0.39 is 0 Å². The molecule has 0 spiro atoms. The van der Waals surface area contributed by atoms with Gasteiger partial charge < -0.3 is 4.74 Å². The highest BCUT2D eigenvalue weighted by atomic mass is 79.9. The average molecular weight is 324 g/mol. The van der Waals surface area contributed by atoms with Crippen LogP contribution in [-0.2, 0) is 0 Å². The van der Waals surface area contributed by atoms with Crippen molar-refractivity contribution >= 4 is 38.4 Å². The van der Waals surface area contributed by atoms with E-state index in [9.17, 15) is 4.39 Å². The smallest absolute Gasteiger partial charge is 0.207 e. The van der Waals surface area contributed by atoms with Gasteiger partial charge in [0.15, 0.2) is 0 Å². The van der Waals surface area contributed by atoms with Crippen LogP contribution in [0.2, 0.25) is 0 Å². The first kappa shape index (κ1) is 11.6. The summed E-state index contributed by atoms with van der Waals surface area (Å²) in [5.41, 5.74) is 0.880. The molecular formula is C13H7BrFNOS. The van der Waals surface area contributed by atoms with Gasteiger partial charge in [0.05, 0.1) is 15.4 Å². The molecule has 0 amide bonds. The third-order valence-electron chi connectivity index (χ3n) is 2.45. The molecule has 0 saturated carbocycles. The van der Waals surface area contributed by atoms with Gasteiger partial charge in [-0.2, -0.15) is 4.37 Å². The molecule has 0 N–H and O–H groups in total. The molecular weight excluding hydrogens is 317 g/mol. The lowest BCUT2D eigenvalue weighted by Gasteiger charge is -2.05. The van der Waals surface area contributed by atoms with Gasteiger partial charge >= 0.3 is 0 Å². The molecule has 0 bridgehead atoms. The van der Waals surface area contributed by atoms with Crippen molar-refractivity contribution in [3.8, 4) is 10.8 Å². The number of benzene rings is 2. The summed E-state index contributed by atoms with van der Waals surface area (Å²) in [4.78, 5) is 0. The van der Waals surface area contributed by atoms with Crippen LogP contribution >= 0.6 is 27.5 Å². The first-order chi connectivity index (χ1) is 8.74. The van der Waals surface area contributed by atoms with Crippen LogP contribution in [0.1, 0.15) is 0 Å². The number of aromatic nitrogens is 1. The lowest BCUT2D eigenvalue weighted by Crippen LogP contribution is -1.85. The second kappa shape index (κ2) is 4.66. The summed E-state index contributed by atoms with van der Waals surface area (Å²) < 4.78 is 23.9. The number of nitrogens with zero attached hydrogens (tertiary/aromatic N) is 1. The molecule has 0 saturated heterocycles. The van der Waals surface area contributed by atoms with Crippen LogP contribution in [0.15, 0.2) is 46.9 Å². The first-order valence-corrected chi connectivity index (χ1v) is 6.78. The molecule has 0 fully saturated rings. The van der Waals surface area contributed by atoms with Crippen molar-refractivity contribution in [2.75, 3.05) is 0 Å². The molecule has 0 atom stereocenters. The van der Waals surface area contributed by atoms with Crippen LogP contribution in [0.3, 0.4) is 0 Å². The minimum atomic E-state index is -0.331. The fourth-order valence-corrected chi connectivity index (χ4v) is 2.66. The zero-order valence-corrected chi connectivity index (χ0v) is 11.5. The normalized spacial score (nSPS) is 10.8. The number of halogens is 2. The van der Waals surface area contributed by atoms with Crippen LogP contribution in [-0.4, -0.2) is 4.37 Å². The monoisotopic (exact) mass is 323 g/mol. The van der Waals surface area contributed by atoms with Gasteiger partial charge in [-0.05, 0) is 40.2 Å². The Morgan fingerprint density at radius 1 is 1.17 bits per heavy atom. The number of hydrogen-bond donors (Lipinski definition) is 0. The summed E-state index contributed by atoms with van der Waals surface area (Å²) in [6.45, 7) is 0. The Morgan fingerprint density at radius 3 is 2.89 bits per heavy atom. The van der Waals surface area contributed by atoms with Gasteiger partial charge in [-0.3, -0.25) is 0 Å². The predicted octanol–water partition coefficient (Wildman–Crippen LogP) is 4.99. The van der Waals surface area contributed by atoms with E-state index >= 15 is 0 Å². The maximum atomic E-state index is 13.2. The average Bonchev–Trinajstić information content (AvgIpc) is 2.78. The fraction of sp³-hybridized carbons (Fsp3) is 0. The minimum absolute atomic E-state index is 0.331. The van der Waals surface area contributed by atoms with E-state index in [4.69, 9.17) is 4.74 Å². The van der Waals surface area contributed by atoms with Crippen molar-refractivity contribution in [1.82, 2.24) is 4.37 Å². The summed E-state index contributed by atoms with van der Waals surface area (Å²) in [5.74, 6) is 0.117. The van der Waals surface area contributed by atoms with E-state index in [1.807, 2.05) is 24.3 Å². The zero-order valence-electron chi connectivity index (χ0n) is 9.06. The minimum Gasteiger partial charge on any atom is -0.443 e. The lowest BCUT2D eigenvalue weighted by molar-refractivity contribution is 0.491. The van der Waals surface area contributed by atoms with Crippen molar-refractivity contribution in [3.63, 3.8) is 0 Å². The lowest BCUT2D eigenvalue weighted by atomic mass is 10.2. The molecule has 18 heavy (non-hydrogen) atoms. The Labute approximate surface area is 115 Å². The van der Waals surface area contributed by atoms with Gasteiger partial charge in [-0.25, -0.2) is 4.39 Å². The fourth-order valence-electron chi connectivity index (χ4n) is 1.59. The van der Waals surface area contributed by atoms with Gasteiger partial charge in [0.1, 0.15) is 11.6 Å². The third kappa shape index (κ3) is 2.11. The molecule has 2 aromatic carbocycles. The molecule has 1 aromatic heterocycles. The molecule has 2 nitrogen and oxygen atoms in total. The molecule has 0 aliphatic carbocycles. The van der Waals surface area contributed by atoms with Crippen LogP contribution in [0, 0.1) is 5.82 Å². The molecule has 0 aliphatic heterocycles. The Kier molecular flexibility index (Phi) is 3.01. The molecule has 5 heteroatoms. The first-order valence-electron chi connectivity index (χ1n) is 5.21. The Balaban J connectivity index is 2.04. The van der Waals surface area contributed by atoms with Crippen LogP contribution in [0.25, 0.3) is 10.9 Å². The van der Waals surface area contributed by atoms with Gasteiger partial charge in [0.25, 0.3) is 0 Å². The number of ether oxygens (including phenoxy) is 1. The molecule has 1 heterocycles. The summed E-state index contributed by atoms with van der Waals surface area (Å²) in [6.07, 6.45) is 0. The molecule has 0 aliphatic rings. The van der Waals surface area contributed by atoms with Crippen LogP contribution in [0.5, 0.6) is 10.8 Å². The Hall–Kier alpha value is -1.46. The topological polar surface area (TPSA) is 22.1 Å². The van der Waals surface area contributed by atoms with E-state index in [1.165, 1.54) is 23.7 Å². The second-order valence-corrected chi connectivity index (χ2v) is 5.25. The highest BCUT2D eigenvalue weighted by molar-refractivity contribution is 9.10. The van der Waals surface area contributed by atoms with E-state index in [1.54, 1.807) is 6.07 Å². The maximum absolute atomic E-state index is 13.2. The van der Waals surface area contributed by atoms with Gasteiger partial charge in [0, 0.05) is 17.6 Å². The summed E-state index contributed by atoms with van der Waals surface area (Å²) >= 11 is 4.59. The van der Waals surface area contributed by atoms with E-state index in [2.05, 4.69) is 20.3 Å². The second-order valence-electron chi connectivity index (χ2n) is 3.66. The molecule has 0 unspecified atom stereocenters. The number of rotatable bonds is 2. The highest BCUT2D eigenvalue weighted by Crippen LogP contribution is 2.36. The van der Waals surface area contributed by atoms with Crippen molar-refractivity contribution < 1.29 is 9.13 Å². The third-order valence-corrected chi connectivity index (χ3v) is 3.86. The molecule has 3 aromatic rings. The van der Waals surface area contributed by atoms with E-state index in [0.717, 1.165) is 10.9 Å². The quantitative estimate of drug-likeness (QED) is 0.662. The summed E-state index contributed by atoms with van der Waals surface area (Å²) in [6, 6.07) is 12.0. The maximum Gasteiger partial charge on any atom is 0.207 e. The predicted molar refractivity (Wildman–Crippen MR) is 73.8 cm³/mol. The molecule has 3 rings (SSSR count). The van der Waals surface area contributed by atoms with Gasteiger partial charge in [-0.15, -0.1) is 0 Å². The van der Waals surface area contributed by atoms with Crippen molar-refractivity contribution in [3.05, 3.63) is 52.8 Å². The Bertz CT molecular complexity index is 713. The van der Waals surface area contributed by atoms with Crippen molar-refractivity contribution in [2.45, 2.75) is 0 Å². The zero-order chi connectivity index (χ0) is 12.5. The van der Waals surface area contributed by atoms with Crippen LogP contribution < -0.4 is 4.74 Å². The van der Waals surface area contributed by atoms with E-state index in [0.29, 0.717) is 15.3 Å². The number of fused-ring (bicyclic) bond motifs is 1. The van der Waals surface area contributed by atoms with Crippen LogP contribution in [0.4, 0.5) is 4.39 Å². The molecule has 0 radical (unpaired) electrons. The van der Waals surface area contributed by atoms with Gasteiger partial charge in [0.2, 0.25) is 5.06 Å². The highest BCUT2D eigenvalue weighted by Gasteiger charge is 2.10. The summed E-state index contributed by atoms with van der Waals surface area (Å²) in [7, 11) is 0. The van der Waals surface area contributed by atoms with Crippen molar-refractivity contribution in [2.24, 2.45) is 0 Å². The number of hydrogen-bond acceptors (Lipinski definition) is 3. The van der Waals surface area contributed by atoms with E-state index in [-0.39, 0.29) is 5.82 Å². The van der Waals surface area contributed by atoms with Crippen molar-refractivity contribution in [1.29, 1.82) is 0 Å².